The fourth-order valence-electron chi connectivity index (χ4n) is 3.11. The minimum Gasteiger partial charge on any atom is -0.489 e. The van der Waals surface area contributed by atoms with Gasteiger partial charge in [-0.3, -0.25) is 9.89 Å². The minimum atomic E-state index is -0.375. The molecule has 0 aliphatic rings. The third kappa shape index (κ3) is 5.87. The number of carbonyl (C=O) groups is 1. The fraction of sp³-hybridized carbons (Fsp3) is 0.115. The molecule has 0 saturated heterocycles. The summed E-state index contributed by atoms with van der Waals surface area (Å²) in [6.45, 7) is 4.37. The van der Waals surface area contributed by atoms with Gasteiger partial charge in [0.05, 0.1) is 11.4 Å². The van der Waals surface area contributed by atoms with Gasteiger partial charge in [0, 0.05) is 10.6 Å². The van der Waals surface area contributed by atoms with Crippen LogP contribution in [0.4, 0.5) is 0 Å². The van der Waals surface area contributed by atoms with Gasteiger partial charge in [-0.2, -0.15) is 10.2 Å². The molecule has 3 aromatic carbocycles. The number of aromatic amines is 1. The van der Waals surface area contributed by atoms with Crippen LogP contribution < -0.4 is 10.2 Å². The number of aromatic nitrogens is 2. The highest BCUT2D eigenvalue weighted by Crippen LogP contribution is 2.22. The lowest BCUT2D eigenvalue weighted by atomic mass is 10.1. The predicted octanol–water partition coefficient (Wildman–Crippen LogP) is 5.77. The van der Waals surface area contributed by atoms with Crippen molar-refractivity contribution in [2.24, 2.45) is 5.10 Å². The maximum absolute atomic E-state index is 12.4. The van der Waals surface area contributed by atoms with E-state index >= 15 is 0 Å². The number of rotatable bonds is 7. The number of amides is 1. The lowest BCUT2D eigenvalue weighted by molar-refractivity contribution is 0.0950. The van der Waals surface area contributed by atoms with Crippen molar-refractivity contribution in [1.82, 2.24) is 15.6 Å². The average molecular weight is 459 g/mol. The smallest absolute Gasteiger partial charge is 0.289 e. The number of nitrogens with one attached hydrogen (secondary N) is 2. The SMILES string of the molecule is C/C(=N/NC(=O)c1cc(-c2ccc(OCc3ccc(C)cc3)cc2)n[nH]1)c1ccc(Cl)cc1. The molecule has 33 heavy (non-hydrogen) atoms. The lowest BCUT2D eigenvalue weighted by Gasteiger charge is -2.07. The summed E-state index contributed by atoms with van der Waals surface area (Å²) in [6, 6.07) is 24.8. The molecule has 4 aromatic rings. The molecule has 1 heterocycles. The molecule has 0 atom stereocenters. The highest BCUT2D eigenvalue weighted by molar-refractivity contribution is 6.30. The summed E-state index contributed by atoms with van der Waals surface area (Å²) >= 11 is 5.90. The van der Waals surface area contributed by atoms with Gasteiger partial charge in [-0.25, -0.2) is 5.43 Å². The Morgan fingerprint density at radius 2 is 1.73 bits per heavy atom. The molecule has 6 nitrogen and oxygen atoms in total. The molecule has 0 bridgehead atoms. The number of aryl methyl sites for hydroxylation is 1. The van der Waals surface area contributed by atoms with E-state index < -0.39 is 0 Å². The van der Waals surface area contributed by atoms with E-state index in [1.807, 2.05) is 43.3 Å². The maximum atomic E-state index is 12.4. The molecule has 0 radical (unpaired) electrons. The van der Waals surface area contributed by atoms with Crippen LogP contribution in [0.15, 0.2) is 84.0 Å². The van der Waals surface area contributed by atoms with E-state index in [1.165, 1.54) is 5.56 Å². The second kappa shape index (κ2) is 10.1. The van der Waals surface area contributed by atoms with Crippen molar-refractivity contribution in [2.75, 3.05) is 0 Å². The molecule has 0 aliphatic heterocycles. The standard InChI is InChI=1S/C26H23ClN4O2/c1-17-3-5-19(6-4-17)16-33-23-13-9-21(10-14-23)24-15-25(30-29-24)26(32)31-28-18(2)20-7-11-22(27)12-8-20/h3-15H,16H2,1-2H3,(H,29,30)(H,31,32)/b28-18-. The Morgan fingerprint density at radius 1 is 1.03 bits per heavy atom. The van der Waals surface area contributed by atoms with Crippen molar-refractivity contribution >= 4 is 23.2 Å². The number of hydrazone groups is 1. The first-order valence-corrected chi connectivity index (χ1v) is 10.8. The summed E-state index contributed by atoms with van der Waals surface area (Å²) in [5.41, 5.74) is 8.26. The number of halogens is 1. The first-order chi connectivity index (χ1) is 16.0. The van der Waals surface area contributed by atoms with E-state index in [0.29, 0.717) is 28.7 Å². The van der Waals surface area contributed by atoms with Gasteiger partial charge >= 0.3 is 0 Å². The second-order valence-corrected chi connectivity index (χ2v) is 8.05. The molecule has 166 valence electrons. The summed E-state index contributed by atoms with van der Waals surface area (Å²) in [7, 11) is 0. The third-order valence-electron chi connectivity index (χ3n) is 5.09. The highest BCUT2D eigenvalue weighted by atomic mass is 35.5. The number of hydrogen-bond donors (Lipinski definition) is 2. The molecule has 1 amide bonds. The number of benzene rings is 3. The van der Waals surface area contributed by atoms with Crippen molar-refractivity contribution in [1.29, 1.82) is 0 Å². The van der Waals surface area contributed by atoms with Gasteiger partial charge in [-0.15, -0.1) is 0 Å². The second-order valence-electron chi connectivity index (χ2n) is 7.61. The number of hydrogen-bond acceptors (Lipinski definition) is 4. The zero-order chi connectivity index (χ0) is 23.2. The Labute approximate surface area is 197 Å². The number of nitrogens with zero attached hydrogens (tertiary/aromatic N) is 2. The number of ether oxygens (including phenoxy) is 1. The fourth-order valence-corrected chi connectivity index (χ4v) is 3.24. The Morgan fingerprint density at radius 3 is 2.42 bits per heavy atom. The van der Waals surface area contributed by atoms with Crippen LogP contribution in [-0.2, 0) is 6.61 Å². The zero-order valence-electron chi connectivity index (χ0n) is 18.3. The van der Waals surface area contributed by atoms with Crippen LogP contribution >= 0.6 is 11.6 Å². The maximum Gasteiger partial charge on any atom is 0.289 e. The quantitative estimate of drug-likeness (QED) is 0.272. The van der Waals surface area contributed by atoms with Gasteiger partial charge < -0.3 is 4.74 Å². The average Bonchev–Trinajstić information content (AvgIpc) is 3.33. The van der Waals surface area contributed by atoms with Crippen LogP contribution in [0.1, 0.15) is 34.1 Å². The summed E-state index contributed by atoms with van der Waals surface area (Å²) in [6.07, 6.45) is 0. The van der Waals surface area contributed by atoms with Gasteiger partial charge in [-0.05, 0) is 67.4 Å². The van der Waals surface area contributed by atoms with E-state index in [1.54, 1.807) is 18.2 Å². The molecular weight excluding hydrogens is 436 g/mol. The molecule has 4 rings (SSSR count). The molecule has 2 N–H and O–H groups in total. The first-order valence-electron chi connectivity index (χ1n) is 10.4. The van der Waals surface area contributed by atoms with Crippen LogP contribution in [0.3, 0.4) is 0 Å². The largest absolute Gasteiger partial charge is 0.489 e. The van der Waals surface area contributed by atoms with Gasteiger partial charge in [0.15, 0.2) is 0 Å². The molecule has 0 aliphatic carbocycles. The summed E-state index contributed by atoms with van der Waals surface area (Å²) < 4.78 is 5.85. The Balaban J connectivity index is 1.36. The van der Waals surface area contributed by atoms with Gasteiger partial charge in [0.1, 0.15) is 18.1 Å². The van der Waals surface area contributed by atoms with E-state index in [2.05, 4.69) is 51.9 Å². The molecule has 0 unspecified atom stereocenters. The van der Waals surface area contributed by atoms with Crippen LogP contribution in [0, 0.1) is 6.92 Å². The number of H-pyrrole nitrogens is 1. The van der Waals surface area contributed by atoms with Gasteiger partial charge in [-0.1, -0.05) is 53.6 Å². The molecule has 0 saturated carbocycles. The van der Waals surface area contributed by atoms with Crippen LogP contribution in [0.2, 0.25) is 5.02 Å². The topological polar surface area (TPSA) is 79.4 Å². The highest BCUT2D eigenvalue weighted by Gasteiger charge is 2.11. The lowest BCUT2D eigenvalue weighted by Crippen LogP contribution is -2.19. The molecule has 0 fully saturated rings. The molecule has 1 aromatic heterocycles. The van der Waals surface area contributed by atoms with E-state index in [0.717, 1.165) is 22.4 Å². The predicted molar refractivity (Wildman–Crippen MR) is 131 cm³/mol. The van der Waals surface area contributed by atoms with Crippen molar-refractivity contribution < 1.29 is 9.53 Å². The molecule has 7 heteroatoms. The van der Waals surface area contributed by atoms with E-state index in [-0.39, 0.29) is 5.91 Å². The summed E-state index contributed by atoms with van der Waals surface area (Å²) in [4.78, 5) is 12.4. The summed E-state index contributed by atoms with van der Waals surface area (Å²) in [5, 5.41) is 11.8. The first kappa shape index (κ1) is 22.3. The Bertz CT molecular complexity index is 1260. The Kier molecular flexibility index (Phi) is 6.86. The van der Waals surface area contributed by atoms with Crippen molar-refractivity contribution in [3.05, 3.63) is 106 Å². The van der Waals surface area contributed by atoms with Gasteiger partial charge in [0.25, 0.3) is 5.91 Å². The minimum absolute atomic E-state index is 0.317. The Hall–Kier alpha value is -3.90. The van der Waals surface area contributed by atoms with Crippen molar-refractivity contribution in [3.8, 4) is 17.0 Å². The molecular formula is C26H23ClN4O2. The molecule has 0 spiro atoms. The van der Waals surface area contributed by atoms with Crippen molar-refractivity contribution in [2.45, 2.75) is 20.5 Å². The van der Waals surface area contributed by atoms with E-state index in [4.69, 9.17) is 16.3 Å². The third-order valence-corrected chi connectivity index (χ3v) is 5.34. The normalized spacial score (nSPS) is 11.3. The van der Waals surface area contributed by atoms with Crippen LogP contribution in [-0.4, -0.2) is 21.8 Å². The number of carbonyl (C=O) groups excluding carboxylic acids is 1. The van der Waals surface area contributed by atoms with E-state index in [9.17, 15) is 4.79 Å². The van der Waals surface area contributed by atoms with Crippen molar-refractivity contribution in [3.63, 3.8) is 0 Å². The zero-order valence-corrected chi connectivity index (χ0v) is 19.1. The summed E-state index contributed by atoms with van der Waals surface area (Å²) in [5.74, 6) is 0.389. The van der Waals surface area contributed by atoms with Crippen LogP contribution in [0.25, 0.3) is 11.3 Å². The monoisotopic (exact) mass is 458 g/mol. The van der Waals surface area contributed by atoms with Gasteiger partial charge in [0.2, 0.25) is 0 Å². The van der Waals surface area contributed by atoms with Crippen LogP contribution in [0.5, 0.6) is 5.75 Å².